The van der Waals surface area contributed by atoms with Gasteiger partial charge in [-0.2, -0.15) is 10.1 Å². The monoisotopic (exact) mass is 407 g/mol. The maximum atomic E-state index is 12.3. The summed E-state index contributed by atoms with van der Waals surface area (Å²) < 4.78 is 12.8. The van der Waals surface area contributed by atoms with E-state index in [1.165, 1.54) is 6.33 Å². The number of nitrogens with one attached hydrogen (secondary N) is 2. The molecule has 1 atom stereocenters. The van der Waals surface area contributed by atoms with Crippen LogP contribution in [0.15, 0.2) is 54.9 Å². The topological polar surface area (TPSA) is 107 Å². The Hall–Kier alpha value is -3.88. The molecule has 3 aromatic rings. The van der Waals surface area contributed by atoms with Crippen LogP contribution >= 0.6 is 0 Å². The van der Waals surface area contributed by atoms with Gasteiger partial charge in [-0.15, -0.1) is 0 Å². The molecule has 0 radical (unpaired) electrons. The lowest BCUT2D eigenvalue weighted by Gasteiger charge is -2.25. The van der Waals surface area contributed by atoms with Gasteiger partial charge in [-0.05, 0) is 37.3 Å². The van der Waals surface area contributed by atoms with E-state index in [1.54, 1.807) is 35.0 Å². The van der Waals surface area contributed by atoms with E-state index in [0.29, 0.717) is 24.0 Å². The summed E-state index contributed by atoms with van der Waals surface area (Å²) in [6.07, 6.45) is 1.59. The second kappa shape index (κ2) is 8.64. The van der Waals surface area contributed by atoms with E-state index in [4.69, 9.17) is 9.47 Å². The molecule has 0 spiro atoms. The molecule has 1 aromatic heterocycles. The molecule has 2 heterocycles. The van der Waals surface area contributed by atoms with Crippen molar-refractivity contribution in [2.45, 2.75) is 19.4 Å². The van der Waals surface area contributed by atoms with Crippen molar-refractivity contribution in [2.75, 3.05) is 23.8 Å². The maximum absolute atomic E-state index is 12.3. The molecular weight excluding hydrogens is 386 g/mol. The first-order valence-corrected chi connectivity index (χ1v) is 9.58. The first kappa shape index (κ1) is 19.4. The van der Waals surface area contributed by atoms with Gasteiger partial charge in [-0.1, -0.05) is 18.2 Å². The van der Waals surface area contributed by atoms with Gasteiger partial charge in [0.25, 0.3) is 5.91 Å². The summed E-state index contributed by atoms with van der Waals surface area (Å²) in [6, 6.07) is 14.0. The fraction of sp³-hybridized carbons (Fsp3) is 0.238. The number of benzene rings is 2. The number of nitrogens with zero attached hydrogens (tertiary/aromatic N) is 3. The molecule has 0 saturated carbocycles. The largest absolute Gasteiger partial charge is 0.494 e. The number of ether oxygens (including phenoxy) is 2. The molecule has 2 aromatic carbocycles. The SMILES string of the molecule is CCOc1ccc(NC(=O)COc2ccccc2[C@@H]2CC(=O)Nc3ncnn32)cc1. The normalized spacial score (nSPS) is 15.1. The molecule has 9 nitrogen and oxygen atoms in total. The van der Waals surface area contributed by atoms with Crippen LogP contribution in [-0.4, -0.2) is 39.8 Å². The second-order valence-corrected chi connectivity index (χ2v) is 6.63. The molecular formula is C21H21N5O4. The summed E-state index contributed by atoms with van der Waals surface area (Å²) in [5, 5.41) is 9.68. The van der Waals surface area contributed by atoms with E-state index in [0.717, 1.165) is 11.3 Å². The van der Waals surface area contributed by atoms with E-state index in [9.17, 15) is 9.59 Å². The van der Waals surface area contributed by atoms with Crippen LogP contribution in [0.1, 0.15) is 24.9 Å². The third-order valence-electron chi connectivity index (χ3n) is 4.58. The third-order valence-corrected chi connectivity index (χ3v) is 4.58. The van der Waals surface area contributed by atoms with E-state index in [1.807, 2.05) is 25.1 Å². The van der Waals surface area contributed by atoms with Crippen LogP contribution in [0.2, 0.25) is 0 Å². The summed E-state index contributed by atoms with van der Waals surface area (Å²) in [5.41, 5.74) is 1.41. The standard InChI is InChI=1S/C21H21N5O4/c1-2-29-15-9-7-14(8-10-15)24-20(28)12-30-18-6-4-3-5-16(18)17-11-19(27)25-21-22-13-23-26(17)21/h3-10,13,17H,2,11-12H2,1H3,(H,24,28)(H,22,23,25,27)/t17-/m0/s1. The number of hydrogen-bond donors (Lipinski definition) is 2. The minimum absolute atomic E-state index is 0.149. The van der Waals surface area contributed by atoms with Crippen LogP contribution in [0.3, 0.4) is 0 Å². The minimum Gasteiger partial charge on any atom is -0.494 e. The molecule has 0 aliphatic carbocycles. The van der Waals surface area contributed by atoms with Gasteiger partial charge in [-0.3, -0.25) is 14.9 Å². The first-order chi connectivity index (χ1) is 14.6. The number of fused-ring (bicyclic) bond motifs is 1. The molecule has 0 bridgehead atoms. The summed E-state index contributed by atoms with van der Waals surface area (Å²) in [5.74, 6) is 1.20. The van der Waals surface area contributed by atoms with Crippen LogP contribution in [0.5, 0.6) is 11.5 Å². The predicted molar refractivity (Wildman–Crippen MR) is 110 cm³/mol. The zero-order chi connectivity index (χ0) is 20.9. The number of carbonyl (C=O) groups excluding carboxylic acids is 2. The van der Waals surface area contributed by atoms with Crippen molar-refractivity contribution in [2.24, 2.45) is 0 Å². The van der Waals surface area contributed by atoms with E-state index >= 15 is 0 Å². The zero-order valence-corrected chi connectivity index (χ0v) is 16.4. The molecule has 2 amide bonds. The Balaban J connectivity index is 1.44. The van der Waals surface area contributed by atoms with E-state index in [2.05, 4.69) is 20.7 Å². The molecule has 0 unspecified atom stereocenters. The number of amides is 2. The number of anilines is 2. The Bertz CT molecular complexity index is 1050. The van der Waals surface area contributed by atoms with Gasteiger partial charge >= 0.3 is 0 Å². The smallest absolute Gasteiger partial charge is 0.262 e. The number of carbonyl (C=O) groups is 2. The fourth-order valence-corrected chi connectivity index (χ4v) is 3.28. The molecule has 9 heteroatoms. The maximum Gasteiger partial charge on any atom is 0.262 e. The predicted octanol–water partition coefficient (Wildman–Crippen LogP) is 2.63. The lowest BCUT2D eigenvalue weighted by Crippen LogP contribution is -2.29. The molecule has 4 rings (SSSR count). The summed E-state index contributed by atoms with van der Waals surface area (Å²) >= 11 is 0. The van der Waals surface area contributed by atoms with Crippen molar-refractivity contribution in [1.29, 1.82) is 0 Å². The van der Waals surface area contributed by atoms with Crippen LogP contribution < -0.4 is 20.1 Å². The molecule has 1 aliphatic rings. The number of rotatable bonds is 7. The summed E-state index contributed by atoms with van der Waals surface area (Å²) in [4.78, 5) is 28.4. The average molecular weight is 407 g/mol. The van der Waals surface area contributed by atoms with Gasteiger partial charge in [0.1, 0.15) is 17.8 Å². The van der Waals surface area contributed by atoms with Gasteiger partial charge < -0.3 is 14.8 Å². The second-order valence-electron chi connectivity index (χ2n) is 6.63. The molecule has 0 fully saturated rings. The number of para-hydroxylation sites is 1. The van der Waals surface area contributed by atoms with Crippen molar-refractivity contribution < 1.29 is 19.1 Å². The first-order valence-electron chi connectivity index (χ1n) is 9.58. The zero-order valence-electron chi connectivity index (χ0n) is 16.4. The lowest BCUT2D eigenvalue weighted by atomic mass is 10.0. The third kappa shape index (κ3) is 4.24. The van der Waals surface area contributed by atoms with Crippen molar-refractivity contribution >= 4 is 23.5 Å². The Kier molecular flexibility index (Phi) is 5.60. The van der Waals surface area contributed by atoms with E-state index < -0.39 is 0 Å². The van der Waals surface area contributed by atoms with Crippen LogP contribution in [-0.2, 0) is 9.59 Å². The molecule has 154 valence electrons. The Morgan fingerprint density at radius 1 is 1.20 bits per heavy atom. The number of aromatic nitrogens is 3. The highest BCUT2D eigenvalue weighted by atomic mass is 16.5. The lowest BCUT2D eigenvalue weighted by molar-refractivity contribution is -0.118. The fourth-order valence-electron chi connectivity index (χ4n) is 3.28. The van der Waals surface area contributed by atoms with Crippen LogP contribution in [0.4, 0.5) is 11.6 Å². The molecule has 1 aliphatic heterocycles. The minimum atomic E-state index is -0.360. The Morgan fingerprint density at radius 2 is 2.00 bits per heavy atom. The van der Waals surface area contributed by atoms with E-state index in [-0.39, 0.29) is 30.9 Å². The average Bonchev–Trinajstić information content (AvgIpc) is 3.22. The number of hydrogen-bond acceptors (Lipinski definition) is 6. The van der Waals surface area contributed by atoms with Gasteiger partial charge in [0.2, 0.25) is 11.9 Å². The van der Waals surface area contributed by atoms with Gasteiger partial charge in [0, 0.05) is 11.3 Å². The Labute approximate surface area is 173 Å². The van der Waals surface area contributed by atoms with Gasteiger partial charge in [0.05, 0.1) is 19.1 Å². The quantitative estimate of drug-likeness (QED) is 0.623. The highest BCUT2D eigenvalue weighted by Gasteiger charge is 2.29. The van der Waals surface area contributed by atoms with Crippen molar-refractivity contribution in [3.05, 3.63) is 60.4 Å². The van der Waals surface area contributed by atoms with Gasteiger partial charge in [-0.25, -0.2) is 4.68 Å². The van der Waals surface area contributed by atoms with Crippen LogP contribution in [0.25, 0.3) is 0 Å². The molecule has 30 heavy (non-hydrogen) atoms. The highest BCUT2D eigenvalue weighted by Crippen LogP contribution is 2.34. The van der Waals surface area contributed by atoms with Gasteiger partial charge in [0.15, 0.2) is 6.61 Å². The van der Waals surface area contributed by atoms with Crippen molar-refractivity contribution in [1.82, 2.24) is 14.8 Å². The van der Waals surface area contributed by atoms with Crippen LogP contribution in [0, 0.1) is 0 Å². The molecule has 2 N–H and O–H groups in total. The molecule has 0 saturated heterocycles. The summed E-state index contributed by atoms with van der Waals surface area (Å²) in [7, 11) is 0. The Morgan fingerprint density at radius 3 is 2.80 bits per heavy atom. The summed E-state index contributed by atoms with van der Waals surface area (Å²) in [6.45, 7) is 2.32. The van der Waals surface area contributed by atoms with Crippen molar-refractivity contribution in [3.8, 4) is 11.5 Å². The van der Waals surface area contributed by atoms with Crippen molar-refractivity contribution in [3.63, 3.8) is 0 Å². The highest BCUT2D eigenvalue weighted by molar-refractivity contribution is 5.92.